The summed E-state index contributed by atoms with van der Waals surface area (Å²) in [4.78, 5) is 2.42. The van der Waals surface area contributed by atoms with Gasteiger partial charge in [0, 0.05) is 30.9 Å². The molecule has 1 N–H and O–H groups in total. The number of anilines is 1. The Morgan fingerprint density at radius 3 is 2.95 bits per heavy atom. The van der Waals surface area contributed by atoms with Gasteiger partial charge in [-0.3, -0.25) is 0 Å². The van der Waals surface area contributed by atoms with Gasteiger partial charge in [-0.05, 0) is 38.2 Å². The molecule has 2 heterocycles. The van der Waals surface area contributed by atoms with Crippen molar-refractivity contribution in [2.24, 2.45) is 0 Å². The summed E-state index contributed by atoms with van der Waals surface area (Å²) in [6.45, 7) is 3.01. The van der Waals surface area contributed by atoms with Crippen molar-refractivity contribution in [3.05, 3.63) is 29.8 Å². The maximum absolute atomic E-state index is 10.2. The molecule has 3 nitrogen and oxygen atoms in total. The number of benzene rings is 1. The molecule has 1 saturated heterocycles. The molecule has 104 valence electrons. The van der Waals surface area contributed by atoms with Crippen LogP contribution < -0.4 is 4.90 Å². The summed E-state index contributed by atoms with van der Waals surface area (Å²) < 4.78 is 5.71. The Morgan fingerprint density at radius 1 is 1.21 bits per heavy atom. The Balaban J connectivity index is 1.71. The molecule has 1 aromatic carbocycles. The second-order valence-electron chi connectivity index (χ2n) is 5.63. The van der Waals surface area contributed by atoms with E-state index in [1.54, 1.807) is 0 Å². The van der Waals surface area contributed by atoms with E-state index in [0.29, 0.717) is 6.10 Å². The second-order valence-corrected chi connectivity index (χ2v) is 5.63. The van der Waals surface area contributed by atoms with Gasteiger partial charge in [-0.2, -0.15) is 0 Å². The zero-order valence-electron chi connectivity index (χ0n) is 11.4. The van der Waals surface area contributed by atoms with Gasteiger partial charge in [0.1, 0.15) is 0 Å². The number of nitrogens with zero attached hydrogens (tertiary/aromatic N) is 1. The number of aliphatic hydroxyl groups is 1. The number of hydrogen-bond donors (Lipinski definition) is 1. The van der Waals surface area contributed by atoms with Crippen molar-refractivity contribution < 1.29 is 9.84 Å². The highest BCUT2D eigenvalue weighted by Gasteiger charge is 2.22. The van der Waals surface area contributed by atoms with Crippen LogP contribution in [0.15, 0.2) is 24.3 Å². The third kappa shape index (κ3) is 2.93. The average molecular weight is 261 g/mol. The van der Waals surface area contributed by atoms with E-state index in [0.717, 1.165) is 44.5 Å². The van der Waals surface area contributed by atoms with E-state index in [1.165, 1.54) is 18.5 Å². The van der Waals surface area contributed by atoms with Crippen LogP contribution >= 0.6 is 0 Å². The summed E-state index contributed by atoms with van der Waals surface area (Å²) in [5, 5.41) is 10.2. The van der Waals surface area contributed by atoms with Gasteiger partial charge in [0.05, 0.1) is 12.2 Å². The van der Waals surface area contributed by atoms with Crippen LogP contribution in [0.5, 0.6) is 0 Å². The smallest absolute Gasteiger partial charge is 0.0810 e. The summed E-state index contributed by atoms with van der Waals surface area (Å²) in [6, 6.07) is 8.28. The maximum Gasteiger partial charge on any atom is 0.0810 e. The molecule has 0 bridgehead atoms. The molecule has 2 aliphatic heterocycles. The third-order valence-electron chi connectivity index (χ3n) is 4.29. The third-order valence-corrected chi connectivity index (χ3v) is 4.29. The van der Waals surface area contributed by atoms with E-state index >= 15 is 0 Å². The van der Waals surface area contributed by atoms with Crippen molar-refractivity contribution in [1.29, 1.82) is 0 Å². The molecule has 0 spiro atoms. The molecule has 1 aromatic rings. The zero-order chi connectivity index (χ0) is 13.1. The quantitative estimate of drug-likeness (QED) is 0.908. The predicted octanol–water partition coefficient (Wildman–Crippen LogP) is 2.89. The lowest BCUT2D eigenvalue weighted by atomic mass is 10.0. The first-order chi connectivity index (χ1) is 9.34. The summed E-state index contributed by atoms with van der Waals surface area (Å²) in [6.07, 6.45) is 5.58. The van der Waals surface area contributed by atoms with Gasteiger partial charge in [0.2, 0.25) is 0 Å². The first-order valence-electron chi connectivity index (χ1n) is 7.48. The minimum Gasteiger partial charge on any atom is -0.388 e. The van der Waals surface area contributed by atoms with Crippen molar-refractivity contribution >= 4 is 5.69 Å². The molecule has 2 unspecified atom stereocenters. The Morgan fingerprint density at radius 2 is 2.11 bits per heavy atom. The molecule has 19 heavy (non-hydrogen) atoms. The van der Waals surface area contributed by atoms with Crippen LogP contribution in [0.3, 0.4) is 0 Å². The molecule has 3 rings (SSSR count). The molecule has 0 saturated carbocycles. The standard InChI is InChI=1S/C16H23NO2/c18-16-8-3-10-17(11-9-13-5-4-12-19-13)15-7-2-1-6-14(15)16/h1-2,6-7,13,16,18H,3-5,8-12H2. The summed E-state index contributed by atoms with van der Waals surface area (Å²) in [5.74, 6) is 0. The topological polar surface area (TPSA) is 32.7 Å². The Bertz CT molecular complexity index is 415. The lowest BCUT2D eigenvalue weighted by Gasteiger charge is -2.26. The minimum atomic E-state index is -0.302. The van der Waals surface area contributed by atoms with E-state index in [9.17, 15) is 5.11 Å². The van der Waals surface area contributed by atoms with Gasteiger partial charge in [0.15, 0.2) is 0 Å². The molecule has 3 heteroatoms. The van der Waals surface area contributed by atoms with Crippen LogP contribution in [0.25, 0.3) is 0 Å². The van der Waals surface area contributed by atoms with Crippen LogP contribution in [0.1, 0.15) is 43.8 Å². The van der Waals surface area contributed by atoms with Crippen LogP contribution in [0.4, 0.5) is 5.69 Å². The molecule has 1 fully saturated rings. The summed E-state index contributed by atoms with van der Waals surface area (Å²) in [5.41, 5.74) is 2.30. The SMILES string of the molecule is OC1CCCN(CCC2CCCO2)c2ccccc21. The van der Waals surface area contributed by atoms with Crippen molar-refractivity contribution in [2.75, 3.05) is 24.6 Å². The normalized spacial score (nSPS) is 27.1. The monoisotopic (exact) mass is 261 g/mol. The van der Waals surface area contributed by atoms with Gasteiger partial charge in [-0.1, -0.05) is 18.2 Å². The van der Waals surface area contributed by atoms with Gasteiger partial charge >= 0.3 is 0 Å². The molecule has 0 aromatic heterocycles. The van der Waals surface area contributed by atoms with Crippen LogP contribution in [-0.2, 0) is 4.74 Å². The zero-order valence-corrected chi connectivity index (χ0v) is 11.4. The van der Waals surface area contributed by atoms with Crippen LogP contribution in [0, 0.1) is 0 Å². The fourth-order valence-corrected chi connectivity index (χ4v) is 3.21. The number of fused-ring (bicyclic) bond motifs is 1. The largest absolute Gasteiger partial charge is 0.388 e. The van der Waals surface area contributed by atoms with Gasteiger partial charge in [-0.15, -0.1) is 0 Å². The van der Waals surface area contributed by atoms with E-state index in [1.807, 2.05) is 6.07 Å². The minimum absolute atomic E-state index is 0.302. The number of rotatable bonds is 3. The predicted molar refractivity (Wildman–Crippen MR) is 76.4 cm³/mol. The highest BCUT2D eigenvalue weighted by atomic mass is 16.5. The highest BCUT2D eigenvalue weighted by Crippen LogP contribution is 2.33. The number of aliphatic hydroxyl groups excluding tert-OH is 1. The van der Waals surface area contributed by atoms with Crippen molar-refractivity contribution in [2.45, 2.75) is 44.3 Å². The van der Waals surface area contributed by atoms with Gasteiger partial charge in [0.25, 0.3) is 0 Å². The average Bonchev–Trinajstić information content (AvgIpc) is 2.90. The van der Waals surface area contributed by atoms with Gasteiger partial charge < -0.3 is 14.7 Å². The van der Waals surface area contributed by atoms with Crippen molar-refractivity contribution in [3.63, 3.8) is 0 Å². The Kier molecular flexibility index (Phi) is 4.04. The first kappa shape index (κ1) is 12.9. The molecule has 2 atom stereocenters. The Hall–Kier alpha value is -1.06. The number of ether oxygens (including phenoxy) is 1. The maximum atomic E-state index is 10.2. The van der Waals surface area contributed by atoms with Crippen LogP contribution in [-0.4, -0.2) is 30.9 Å². The lowest BCUT2D eigenvalue weighted by molar-refractivity contribution is 0.105. The molecule has 0 radical (unpaired) electrons. The first-order valence-corrected chi connectivity index (χ1v) is 7.48. The van der Waals surface area contributed by atoms with Crippen molar-refractivity contribution in [3.8, 4) is 0 Å². The summed E-state index contributed by atoms with van der Waals surface area (Å²) in [7, 11) is 0. The Labute approximate surface area is 115 Å². The highest BCUT2D eigenvalue weighted by molar-refractivity contribution is 5.55. The molecule has 2 aliphatic rings. The fourth-order valence-electron chi connectivity index (χ4n) is 3.21. The van der Waals surface area contributed by atoms with E-state index < -0.39 is 0 Å². The second kappa shape index (κ2) is 5.93. The molecular weight excluding hydrogens is 238 g/mol. The fraction of sp³-hybridized carbons (Fsp3) is 0.625. The van der Waals surface area contributed by atoms with Gasteiger partial charge in [-0.25, -0.2) is 0 Å². The summed E-state index contributed by atoms with van der Waals surface area (Å²) >= 11 is 0. The molecular formula is C16H23NO2. The number of hydrogen-bond acceptors (Lipinski definition) is 3. The van der Waals surface area contributed by atoms with Crippen LogP contribution in [0.2, 0.25) is 0 Å². The number of para-hydroxylation sites is 1. The van der Waals surface area contributed by atoms with E-state index in [2.05, 4.69) is 23.1 Å². The lowest BCUT2D eigenvalue weighted by Crippen LogP contribution is -2.28. The van der Waals surface area contributed by atoms with E-state index in [-0.39, 0.29) is 6.10 Å². The van der Waals surface area contributed by atoms with Crippen molar-refractivity contribution in [1.82, 2.24) is 0 Å². The molecule has 0 amide bonds. The van der Waals surface area contributed by atoms with E-state index in [4.69, 9.17) is 4.74 Å². The molecule has 0 aliphatic carbocycles.